The van der Waals surface area contributed by atoms with Crippen LogP contribution in [0.5, 0.6) is 0 Å². The van der Waals surface area contributed by atoms with E-state index in [0.717, 1.165) is 145 Å². The third kappa shape index (κ3) is 8.39. The van der Waals surface area contributed by atoms with Crippen molar-refractivity contribution in [2.24, 2.45) is 0 Å². The molecule has 6 heteroatoms. The van der Waals surface area contributed by atoms with Crippen molar-refractivity contribution >= 4 is 110 Å². The molecule has 444 valence electrons. The van der Waals surface area contributed by atoms with Gasteiger partial charge in [-0.05, 0) is 132 Å². The second kappa shape index (κ2) is 21.3. The second-order valence-corrected chi connectivity index (χ2v) is 25.2. The molecule has 6 nitrogen and oxygen atoms in total. The molecule has 0 spiro atoms. The van der Waals surface area contributed by atoms with Crippen LogP contribution in [0.2, 0.25) is 0 Å². The summed E-state index contributed by atoms with van der Waals surface area (Å²) >= 11 is 0. The van der Waals surface area contributed by atoms with Gasteiger partial charge in [0.25, 0.3) is 0 Å². The first kappa shape index (κ1) is 53.7. The lowest BCUT2D eigenvalue weighted by Crippen LogP contribution is -2.16. The van der Waals surface area contributed by atoms with Crippen molar-refractivity contribution in [2.45, 2.75) is 0 Å². The molecule has 0 saturated heterocycles. The lowest BCUT2D eigenvalue weighted by Gasteiger charge is -2.35. The molecule has 0 aliphatic carbocycles. The zero-order chi connectivity index (χ0) is 63.0. The summed E-state index contributed by atoms with van der Waals surface area (Å²) in [6.45, 7) is 0. The van der Waals surface area contributed by atoms with Gasteiger partial charge in [0.05, 0.1) is 73.3 Å². The number of hydrogen-bond donors (Lipinski definition) is 0. The molecule has 18 aromatic rings. The van der Waals surface area contributed by atoms with Gasteiger partial charge in [0.15, 0.2) is 0 Å². The Morgan fingerprint density at radius 1 is 0.198 bits per heavy atom. The Morgan fingerprint density at radius 2 is 0.677 bits per heavy atom. The van der Waals surface area contributed by atoms with Gasteiger partial charge < -0.3 is 9.80 Å². The van der Waals surface area contributed by atoms with E-state index in [1.54, 1.807) is 0 Å². The third-order valence-electron chi connectivity index (χ3n) is 19.8. The summed E-state index contributed by atoms with van der Waals surface area (Å²) < 4.78 is 0. The molecule has 16 aromatic carbocycles. The predicted molar refractivity (Wildman–Crippen MR) is 400 cm³/mol. The van der Waals surface area contributed by atoms with E-state index in [2.05, 4.69) is 325 Å². The summed E-state index contributed by atoms with van der Waals surface area (Å²) in [6.07, 6.45) is 0. The van der Waals surface area contributed by atoms with Crippen LogP contribution in [-0.4, -0.2) is 19.9 Å². The van der Waals surface area contributed by atoms with Crippen molar-refractivity contribution < 1.29 is 0 Å². The number of aromatic nitrogens is 4. The largest absolute Gasteiger partial charge is 0.309 e. The normalized spacial score (nSPS) is 12.3. The van der Waals surface area contributed by atoms with Gasteiger partial charge >= 0.3 is 0 Å². The number of para-hydroxylation sites is 3. The van der Waals surface area contributed by atoms with Crippen molar-refractivity contribution in [3.8, 4) is 89.5 Å². The van der Waals surface area contributed by atoms with Crippen molar-refractivity contribution in [1.82, 2.24) is 19.9 Å². The molecule has 0 N–H and O–H groups in total. The van der Waals surface area contributed by atoms with Gasteiger partial charge in [-0.15, -0.1) is 0 Å². The number of rotatable bonds is 8. The van der Waals surface area contributed by atoms with Gasteiger partial charge in [0, 0.05) is 60.6 Å². The summed E-state index contributed by atoms with van der Waals surface area (Å²) in [7, 11) is 0. The standard InChI is InChI=1S/C90H54N6/c1-2-19-55(20-3-1)57-41-44-61(45-42-57)85-88(73-33-10-13-38-80(73)96-82-40-18-27-59-24-15-34-69(83(59)82)72-49-47-58-22-6-7-30-67(58)89(72)96)93-78-50-48-63(53-79(78)94-85)74-54-75-70-35-16-25-60-26-17-39-81(84(60)70)95(90(75)71-32-9-8-31-68(71)74)66-29-14-28-64(52-66)86-87(92-77-37-12-11-36-76(77)91-86)65-46-43-56-21-4-5-23-62(56)51-65/h1-54H. The average molecular weight is 1220 g/mol. The molecule has 0 saturated carbocycles. The highest BCUT2D eigenvalue weighted by Crippen LogP contribution is 2.58. The van der Waals surface area contributed by atoms with Gasteiger partial charge in [-0.25, -0.2) is 19.9 Å². The van der Waals surface area contributed by atoms with Crippen molar-refractivity contribution in [2.75, 3.05) is 9.80 Å². The van der Waals surface area contributed by atoms with E-state index < -0.39 is 0 Å². The van der Waals surface area contributed by atoms with E-state index in [9.17, 15) is 0 Å². The molecule has 96 heavy (non-hydrogen) atoms. The quantitative estimate of drug-likeness (QED) is 0.151. The smallest absolute Gasteiger partial charge is 0.0994 e. The third-order valence-corrected chi connectivity index (χ3v) is 19.8. The molecular formula is C90H54N6. The molecule has 0 amide bonds. The zero-order valence-electron chi connectivity index (χ0n) is 51.9. The Bertz CT molecular complexity index is 6280. The molecular weight excluding hydrogens is 1170 g/mol. The van der Waals surface area contributed by atoms with Crippen molar-refractivity contribution in [1.29, 1.82) is 0 Å². The molecule has 0 bridgehead atoms. The van der Waals surface area contributed by atoms with Gasteiger partial charge in [-0.1, -0.05) is 261 Å². The number of hydrogen-bond acceptors (Lipinski definition) is 6. The minimum absolute atomic E-state index is 0.802. The van der Waals surface area contributed by atoms with Gasteiger partial charge in [0.1, 0.15) is 0 Å². The van der Waals surface area contributed by atoms with Gasteiger partial charge in [-0.2, -0.15) is 0 Å². The lowest BCUT2D eigenvalue weighted by atomic mass is 9.85. The van der Waals surface area contributed by atoms with Crippen LogP contribution >= 0.6 is 0 Å². The fourth-order valence-corrected chi connectivity index (χ4v) is 15.4. The predicted octanol–water partition coefficient (Wildman–Crippen LogP) is 24.2. The zero-order valence-corrected chi connectivity index (χ0v) is 51.9. The monoisotopic (exact) mass is 1220 g/mol. The maximum Gasteiger partial charge on any atom is 0.0994 e. The van der Waals surface area contributed by atoms with Crippen LogP contribution in [0.1, 0.15) is 0 Å². The average Bonchev–Trinajstić information content (AvgIpc) is 0.716. The van der Waals surface area contributed by atoms with Crippen LogP contribution in [0.3, 0.4) is 0 Å². The van der Waals surface area contributed by atoms with Crippen LogP contribution in [0, 0.1) is 0 Å². The topological polar surface area (TPSA) is 58.0 Å². The summed E-state index contributed by atoms with van der Waals surface area (Å²) in [5.41, 5.74) is 26.3. The fourth-order valence-electron chi connectivity index (χ4n) is 15.4. The number of fused-ring (bicyclic) bond motifs is 11. The summed E-state index contributed by atoms with van der Waals surface area (Å²) in [5, 5.41) is 11.8. The molecule has 0 unspecified atom stereocenters. The van der Waals surface area contributed by atoms with Crippen LogP contribution in [0.15, 0.2) is 328 Å². The Hall–Kier alpha value is -12.9. The van der Waals surface area contributed by atoms with E-state index in [1.807, 2.05) is 12.1 Å². The Morgan fingerprint density at radius 3 is 1.45 bits per heavy atom. The fraction of sp³-hybridized carbons (Fsp3) is 0. The van der Waals surface area contributed by atoms with Gasteiger partial charge in [0.2, 0.25) is 0 Å². The first-order valence-electron chi connectivity index (χ1n) is 32.8. The minimum Gasteiger partial charge on any atom is -0.309 e. The van der Waals surface area contributed by atoms with E-state index >= 15 is 0 Å². The number of nitrogens with zero attached hydrogens (tertiary/aromatic N) is 6. The number of benzene rings is 16. The van der Waals surface area contributed by atoms with E-state index in [-0.39, 0.29) is 0 Å². The van der Waals surface area contributed by atoms with Crippen LogP contribution in [0.25, 0.3) is 165 Å². The van der Waals surface area contributed by atoms with Crippen LogP contribution < -0.4 is 9.80 Å². The molecule has 0 atom stereocenters. The van der Waals surface area contributed by atoms with Crippen molar-refractivity contribution in [3.05, 3.63) is 328 Å². The Kier molecular flexibility index (Phi) is 11.9. The maximum atomic E-state index is 5.84. The lowest BCUT2D eigenvalue weighted by molar-refractivity contribution is 1.26. The van der Waals surface area contributed by atoms with Crippen LogP contribution in [-0.2, 0) is 0 Å². The highest BCUT2D eigenvalue weighted by atomic mass is 15.2. The summed E-state index contributed by atoms with van der Waals surface area (Å²) in [5.74, 6) is 0. The number of anilines is 6. The van der Waals surface area contributed by atoms with Gasteiger partial charge in [-0.3, -0.25) is 0 Å². The van der Waals surface area contributed by atoms with Crippen LogP contribution in [0.4, 0.5) is 34.1 Å². The highest BCUT2D eigenvalue weighted by molar-refractivity contribution is 6.23. The summed E-state index contributed by atoms with van der Waals surface area (Å²) in [4.78, 5) is 27.4. The molecule has 2 aliphatic heterocycles. The van der Waals surface area contributed by atoms with E-state index in [1.165, 1.54) is 54.4 Å². The molecule has 20 rings (SSSR count). The minimum atomic E-state index is 0.802. The van der Waals surface area contributed by atoms with E-state index in [0.29, 0.717) is 0 Å². The summed E-state index contributed by atoms with van der Waals surface area (Å²) in [6, 6.07) is 119. The molecule has 0 radical (unpaired) electrons. The molecule has 0 fully saturated rings. The molecule has 2 aromatic heterocycles. The van der Waals surface area contributed by atoms with Crippen molar-refractivity contribution in [3.63, 3.8) is 0 Å². The SMILES string of the molecule is c1ccc(-c2ccc(-c3nc4cc(-c5cc6c(c7ccccc57)N(c5cccc(-c7nc8ccccc8nc7-c7ccc8ccccc8c7)c5)c5cccc7cccc-6c57)ccc4nc3-c3ccccc3N3c4c(ccc5ccccc45)-c4cccc5cccc3c45)cc2)cc1. The molecule has 4 heterocycles. The first-order chi connectivity index (χ1) is 47.6. The van der Waals surface area contributed by atoms with E-state index in [4.69, 9.17) is 19.9 Å². The molecule has 2 aliphatic rings. The first-order valence-corrected chi connectivity index (χ1v) is 32.8. The Labute approximate surface area is 553 Å². The highest BCUT2D eigenvalue weighted by Gasteiger charge is 2.33. The second-order valence-electron chi connectivity index (χ2n) is 25.2. The maximum absolute atomic E-state index is 5.84. The Balaban J connectivity index is 0.774.